The van der Waals surface area contributed by atoms with Crippen molar-refractivity contribution in [1.82, 2.24) is 0 Å². The van der Waals surface area contributed by atoms with Crippen molar-refractivity contribution in [3.05, 3.63) is 0 Å². The van der Waals surface area contributed by atoms with Gasteiger partial charge in [0.15, 0.2) is 0 Å². The van der Waals surface area contributed by atoms with E-state index in [2.05, 4.69) is 4.74 Å². The first kappa shape index (κ1) is 6.55. The van der Waals surface area contributed by atoms with Crippen molar-refractivity contribution in [2.45, 2.75) is 31.2 Å². The Morgan fingerprint density at radius 2 is 2.20 bits per heavy atom. The summed E-state index contributed by atoms with van der Waals surface area (Å²) >= 11 is 0. The van der Waals surface area contributed by atoms with E-state index in [1.807, 2.05) is 0 Å². The first-order valence-corrected chi connectivity index (χ1v) is 3.70. The van der Waals surface area contributed by atoms with Crippen molar-refractivity contribution in [1.29, 1.82) is 0 Å². The second-order valence-electron chi connectivity index (χ2n) is 3.25. The topological polar surface area (TPSA) is 29.5 Å². The van der Waals surface area contributed by atoms with Gasteiger partial charge in [0.1, 0.15) is 0 Å². The maximum Gasteiger partial charge on any atom is 0.206 e. The van der Waals surface area contributed by atoms with Crippen molar-refractivity contribution >= 4 is 0 Å². The molecule has 2 aliphatic rings. The van der Waals surface area contributed by atoms with Gasteiger partial charge in [-0.3, -0.25) is 0 Å². The molecule has 10 heavy (non-hydrogen) atoms. The smallest absolute Gasteiger partial charge is 0.206 e. The number of ether oxygens (including phenoxy) is 1. The Bertz CT molecular complexity index is 145. The number of rotatable bonds is 1. The van der Waals surface area contributed by atoms with Crippen LogP contribution in [0, 0.1) is 5.92 Å². The Kier molecular flexibility index (Phi) is 1.26. The maximum atomic E-state index is 12.5. The molecule has 1 aliphatic carbocycles. The molecule has 0 aromatic carbocycles. The molecule has 0 amide bonds. The molecule has 2 atom stereocenters. The SMILES string of the molecule is OC1(C2COC2F)CCC1. The molecule has 58 valence electrons. The van der Waals surface area contributed by atoms with Crippen molar-refractivity contribution < 1.29 is 14.2 Å². The summed E-state index contributed by atoms with van der Waals surface area (Å²) in [6.45, 7) is 0.400. The van der Waals surface area contributed by atoms with Crippen molar-refractivity contribution in [3.63, 3.8) is 0 Å². The molecule has 2 nitrogen and oxygen atoms in total. The van der Waals surface area contributed by atoms with Crippen LogP contribution in [0.2, 0.25) is 0 Å². The molecule has 0 spiro atoms. The Labute approximate surface area is 59.0 Å². The number of hydrogen-bond acceptors (Lipinski definition) is 2. The zero-order valence-electron chi connectivity index (χ0n) is 5.72. The molecular formula is C7H11FO2. The molecule has 1 saturated carbocycles. The lowest BCUT2D eigenvalue weighted by Gasteiger charge is -2.48. The Hall–Kier alpha value is -0.150. The summed E-state index contributed by atoms with van der Waals surface area (Å²) < 4.78 is 17.1. The normalized spacial score (nSPS) is 43.8. The van der Waals surface area contributed by atoms with Gasteiger partial charge >= 0.3 is 0 Å². The van der Waals surface area contributed by atoms with Gasteiger partial charge in [0.25, 0.3) is 0 Å². The zero-order chi connectivity index (χ0) is 7.19. The average Bonchev–Trinajstić information content (AvgIpc) is 1.81. The number of hydrogen-bond donors (Lipinski definition) is 1. The maximum absolute atomic E-state index is 12.5. The molecule has 0 radical (unpaired) electrons. The summed E-state index contributed by atoms with van der Waals surface area (Å²) in [5.74, 6) is -0.235. The summed E-state index contributed by atoms with van der Waals surface area (Å²) in [7, 11) is 0. The predicted octanol–water partition coefficient (Wildman–Crippen LogP) is 0.843. The third kappa shape index (κ3) is 0.705. The van der Waals surface area contributed by atoms with E-state index in [-0.39, 0.29) is 5.92 Å². The summed E-state index contributed by atoms with van der Waals surface area (Å²) in [5, 5.41) is 9.58. The first-order chi connectivity index (χ1) is 4.72. The summed E-state index contributed by atoms with van der Waals surface area (Å²) in [6, 6.07) is 0. The van der Waals surface area contributed by atoms with E-state index in [9.17, 15) is 9.50 Å². The van der Waals surface area contributed by atoms with Gasteiger partial charge in [-0.15, -0.1) is 0 Å². The Morgan fingerprint density at radius 1 is 1.50 bits per heavy atom. The van der Waals surface area contributed by atoms with Crippen LogP contribution in [0.5, 0.6) is 0 Å². The molecule has 1 N–H and O–H groups in total. The van der Waals surface area contributed by atoms with Gasteiger partial charge in [-0.2, -0.15) is 0 Å². The fourth-order valence-electron chi connectivity index (χ4n) is 1.57. The standard InChI is InChI=1S/C7H11FO2/c8-6-5(4-10-6)7(9)2-1-3-7/h5-6,9H,1-4H2. The molecule has 1 saturated heterocycles. The highest BCUT2D eigenvalue weighted by Gasteiger charge is 2.51. The lowest BCUT2D eigenvalue weighted by molar-refractivity contribution is -0.266. The van der Waals surface area contributed by atoms with Gasteiger partial charge in [-0.1, -0.05) is 0 Å². The van der Waals surface area contributed by atoms with Crippen LogP contribution >= 0.6 is 0 Å². The van der Waals surface area contributed by atoms with Gasteiger partial charge in [0.2, 0.25) is 6.36 Å². The lowest BCUT2D eigenvalue weighted by atomic mass is 9.70. The highest BCUT2D eigenvalue weighted by molar-refractivity contribution is 4.97. The van der Waals surface area contributed by atoms with Crippen LogP contribution in [0.1, 0.15) is 19.3 Å². The first-order valence-electron chi connectivity index (χ1n) is 3.70. The van der Waals surface area contributed by atoms with Crippen molar-refractivity contribution in [3.8, 4) is 0 Å². The largest absolute Gasteiger partial charge is 0.389 e. The van der Waals surface area contributed by atoms with E-state index >= 15 is 0 Å². The molecule has 1 heterocycles. The minimum Gasteiger partial charge on any atom is -0.389 e. The summed E-state index contributed by atoms with van der Waals surface area (Å²) in [6.07, 6.45) is 1.33. The quantitative estimate of drug-likeness (QED) is 0.594. The van der Waals surface area contributed by atoms with E-state index < -0.39 is 12.0 Å². The average molecular weight is 146 g/mol. The van der Waals surface area contributed by atoms with Crippen LogP contribution < -0.4 is 0 Å². The number of halogens is 1. The van der Waals surface area contributed by atoms with Gasteiger partial charge in [0.05, 0.1) is 18.1 Å². The summed E-state index contributed by atoms with van der Waals surface area (Å²) in [4.78, 5) is 0. The predicted molar refractivity (Wildman–Crippen MR) is 33.1 cm³/mol. The van der Waals surface area contributed by atoms with E-state index in [0.717, 1.165) is 19.3 Å². The summed E-state index contributed by atoms with van der Waals surface area (Å²) in [5.41, 5.74) is -0.711. The van der Waals surface area contributed by atoms with Crippen LogP contribution in [0.4, 0.5) is 4.39 Å². The molecular weight excluding hydrogens is 135 g/mol. The molecule has 3 heteroatoms. The monoisotopic (exact) mass is 146 g/mol. The van der Waals surface area contributed by atoms with Crippen LogP contribution in [0.3, 0.4) is 0 Å². The fourth-order valence-corrected chi connectivity index (χ4v) is 1.57. The van der Waals surface area contributed by atoms with E-state index in [4.69, 9.17) is 0 Å². The number of aliphatic hydroxyl groups is 1. The van der Waals surface area contributed by atoms with Gasteiger partial charge in [-0.05, 0) is 19.3 Å². The van der Waals surface area contributed by atoms with Crippen molar-refractivity contribution in [2.75, 3.05) is 6.61 Å². The molecule has 0 bridgehead atoms. The third-order valence-electron chi connectivity index (χ3n) is 2.66. The molecule has 2 fully saturated rings. The van der Waals surface area contributed by atoms with Crippen molar-refractivity contribution in [2.24, 2.45) is 5.92 Å². The Balaban J connectivity index is 1.97. The molecule has 2 unspecified atom stereocenters. The highest BCUT2D eigenvalue weighted by atomic mass is 19.1. The van der Waals surface area contributed by atoms with Crippen LogP contribution in [-0.4, -0.2) is 23.7 Å². The van der Waals surface area contributed by atoms with Crippen LogP contribution in [0.15, 0.2) is 0 Å². The van der Waals surface area contributed by atoms with E-state index in [0.29, 0.717) is 6.61 Å². The fraction of sp³-hybridized carbons (Fsp3) is 1.00. The highest BCUT2D eigenvalue weighted by Crippen LogP contribution is 2.44. The van der Waals surface area contributed by atoms with Gasteiger partial charge in [-0.25, -0.2) is 4.39 Å². The third-order valence-corrected chi connectivity index (χ3v) is 2.66. The molecule has 0 aromatic rings. The van der Waals surface area contributed by atoms with E-state index in [1.165, 1.54) is 0 Å². The molecule has 2 rings (SSSR count). The minimum absolute atomic E-state index is 0.235. The van der Waals surface area contributed by atoms with E-state index in [1.54, 1.807) is 0 Å². The van der Waals surface area contributed by atoms with Gasteiger partial charge in [0, 0.05) is 0 Å². The second-order valence-corrected chi connectivity index (χ2v) is 3.25. The minimum atomic E-state index is -1.20. The number of alkyl halides is 1. The lowest BCUT2D eigenvalue weighted by Crippen LogP contribution is -2.56. The second kappa shape index (κ2) is 1.92. The zero-order valence-corrected chi connectivity index (χ0v) is 5.72. The Morgan fingerprint density at radius 3 is 2.30 bits per heavy atom. The van der Waals surface area contributed by atoms with Gasteiger partial charge < -0.3 is 9.84 Å². The molecule has 1 aliphatic heterocycles. The van der Waals surface area contributed by atoms with Crippen LogP contribution in [-0.2, 0) is 4.74 Å². The van der Waals surface area contributed by atoms with Crippen LogP contribution in [0.25, 0.3) is 0 Å². The molecule has 0 aromatic heterocycles.